The summed E-state index contributed by atoms with van der Waals surface area (Å²) >= 11 is 0. The fraction of sp³-hybridized carbons (Fsp3) is 0.429. The molecule has 0 aromatic heterocycles. The van der Waals surface area contributed by atoms with Crippen LogP contribution in [0, 0.1) is 6.92 Å². The van der Waals surface area contributed by atoms with Crippen LogP contribution in [0.5, 0.6) is 5.75 Å². The zero-order valence-electron chi connectivity index (χ0n) is 14.4. The molecule has 2 nitrogen and oxygen atoms in total. The summed E-state index contributed by atoms with van der Waals surface area (Å²) in [5.74, 6) is 1.33. The lowest BCUT2D eigenvalue weighted by molar-refractivity contribution is 0.306. The third-order valence-electron chi connectivity index (χ3n) is 4.26. The number of nitrogens with two attached hydrogens (primary N) is 1. The van der Waals surface area contributed by atoms with Crippen molar-refractivity contribution in [2.24, 2.45) is 5.73 Å². The second-order valence-corrected chi connectivity index (χ2v) is 6.25. The molecule has 2 aromatic rings. The number of ether oxygens (including phenoxy) is 1. The summed E-state index contributed by atoms with van der Waals surface area (Å²) in [4.78, 5) is 0. The monoisotopic (exact) mass is 311 g/mol. The predicted molar refractivity (Wildman–Crippen MR) is 98.1 cm³/mol. The quantitative estimate of drug-likeness (QED) is 0.672. The van der Waals surface area contributed by atoms with Crippen LogP contribution in [0.3, 0.4) is 0 Å². The van der Waals surface area contributed by atoms with Crippen molar-refractivity contribution in [2.45, 2.75) is 45.4 Å². The third-order valence-corrected chi connectivity index (χ3v) is 4.26. The van der Waals surface area contributed by atoms with E-state index in [1.165, 1.54) is 29.5 Å². The van der Waals surface area contributed by atoms with Crippen molar-refractivity contribution in [3.63, 3.8) is 0 Å². The normalized spacial score (nSPS) is 12.1. The Bertz CT molecular complexity index is 559. The van der Waals surface area contributed by atoms with Gasteiger partial charge in [-0.3, -0.25) is 0 Å². The van der Waals surface area contributed by atoms with E-state index in [9.17, 15) is 0 Å². The lowest BCUT2D eigenvalue weighted by Gasteiger charge is -2.16. The van der Waals surface area contributed by atoms with Crippen molar-refractivity contribution in [2.75, 3.05) is 13.2 Å². The molecule has 0 aliphatic heterocycles. The Morgan fingerprint density at radius 2 is 1.65 bits per heavy atom. The molecule has 0 bridgehead atoms. The molecule has 0 heterocycles. The average Bonchev–Trinajstić information content (AvgIpc) is 2.59. The molecule has 0 spiro atoms. The number of hydrogen-bond acceptors (Lipinski definition) is 2. The maximum atomic E-state index is 5.99. The fourth-order valence-corrected chi connectivity index (χ4v) is 2.72. The van der Waals surface area contributed by atoms with E-state index < -0.39 is 0 Å². The third kappa shape index (κ3) is 5.72. The van der Waals surface area contributed by atoms with Crippen LogP contribution in [0.4, 0.5) is 0 Å². The highest BCUT2D eigenvalue weighted by molar-refractivity contribution is 5.31. The highest BCUT2D eigenvalue weighted by atomic mass is 16.5. The SMILES string of the molecule is CCCCCOc1ccc(CC(CN)c2ccc(C)cc2)cc1. The molecular formula is C21H29NO. The Balaban J connectivity index is 1.92. The Labute approximate surface area is 140 Å². The lowest BCUT2D eigenvalue weighted by atomic mass is 9.91. The van der Waals surface area contributed by atoms with Crippen LogP contribution in [-0.4, -0.2) is 13.2 Å². The molecule has 2 heteroatoms. The van der Waals surface area contributed by atoms with Crippen LogP contribution in [0.25, 0.3) is 0 Å². The number of unbranched alkanes of at least 4 members (excludes halogenated alkanes) is 2. The Hall–Kier alpha value is -1.80. The summed E-state index contributed by atoms with van der Waals surface area (Å²) in [6.45, 7) is 5.79. The predicted octanol–water partition coefficient (Wildman–Crippen LogP) is 4.85. The summed E-state index contributed by atoms with van der Waals surface area (Å²) < 4.78 is 5.77. The zero-order valence-corrected chi connectivity index (χ0v) is 14.4. The molecule has 124 valence electrons. The van der Waals surface area contributed by atoms with Crippen LogP contribution >= 0.6 is 0 Å². The maximum Gasteiger partial charge on any atom is 0.119 e. The van der Waals surface area contributed by atoms with Gasteiger partial charge in [0.25, 0.3) is 0 Å². The molecule has 0 aliphatic rings. The first kappa shape index (κ1) is 17.6. The minimum absolute atomic E-state index is 0.368. The van der Waals surface area contributed by atoms with Gasteiger partial charge in [0.2, 0.25) is 0 Å². The summed E-state index contributed by atoms with van der Waals surface area (Å²) in [6.07, 6.45) is 4.55. The molecule has 0 saturated carbocycles. The first-order valence-electron chi connectivity index (χ1n) is 8.71. The smallest absolute Gasteiger partial charge is 0.119 e. The number of aryl methyl sites for hydroxylation is 1. The highest BCUT2D eigenvalue weighted by Gasteiger charge is 2.10. The minimum Gasteiger partial charge on any atom is -0.494 e. The largest absolute Gasteiger partial charge is 0.494 e. The molecule has 0 aliphatic carbocycles. The van der Waals surface area contributed by atoms with Gasteiger partial charge < -0.3 is 10.5 Å². The van der Waals surface area contributed by atoms with Crippen LogP contribution in [-0.2, 0) is 6.42 Å². The first-order valence-corrected chi connectivity index (χ1v) is 8.71. The molecule has 0 fully saturated rings. The standard InChI is InChI=1S/C21H29NO/c1-3-4-5-14-23-21-12-8-18(9-13-21)15-20(16-22)19-10-6-17(2)7-11-19/h6-13,20H,3-5,14-16,22H2,1-2H3. The van der Waals surface area contributed by atoms with Crippen molar-refractivity contribution < 1.29 is 4.74 Å². The van der Waals surface area contributed by atoms with E-state index in [0.717, 1.165) is 25.2 Å². The zero-order chi connectivity index (χ0) is 16.5. The second kappa shape index (κ2) is 9.36. The van der Waals surface area contributed by atoms with Crippen molar-refractivity contribution in [1.82, 2.24) is 0 Å². The van der Waals surface area contributed by atoms with Gasteiger partial charge in [-0.25, -0.2) is 0 Å². The van der Waals surface area contributed by atoms with E-state index in [1.54, 1.807) is 0 Å². The molecule has 0 radical (unpaired) electrons. The second-order valence-electron chi connectivity index (χ2n) is 6.25. The number of rotatable bonds is 9. The first-order chi connectivity index (χ1) is 11.2. The topological polar surface area (TPSA) is 35.2 Å². The van der Waals surface area contributed by atoms with E-state index in [0.29, 0.717) is 12.5 Å². The minimum atomic E-state index is 0.368. The molecule has 1 unspecified atom stereocenters. The average molecular weight is 311 g/mol. The van der Waals surface area contributed by atoms with E-state index >= 15 is 0 Å². The molecule has 23 heavy (non-hydrogen) atoms. The van der Waals surface area contributed by atoms with E-state index in [-0.39, 0.29) is 0 Å². The Morgan fingerprint density at radius 3 is 2.26 bits per heavy atom. The molecule has 2 N–H and O–H groups in total. The van der Waals surface area contributed by atoms with Crippen molar-refractivity contribution in [1.29, 1.82) is 0 Å². The van der Waals surface area contributed by atoms with E-state index in [2.05, 4.69) is 62.4 Å². The number of hydrogen-bond donors (Lipinski definition) is 1. The summed E-state index contributed by atoms with van der Waals surface area (Å²) in [7, 11) is 0. The van der Waals surface area contributed by atoms with Gasteiger partial charge in [-0.15, -0.1) is 0 Å². The van der Waals surface area contributed by atoms with Crippen molar-refractivity contribution in [3.8, 4) is 5.75 Å². The summed E-state index contributed by atoms with van der Waals surface area (Å²) in [5.41, 5.74) is 9.90. The van der Waals surface area contributed by atoms with E-state index in [4.69, 9.17) is 10.5 Å². The van der Waals surface area contributed by atoms with Crippen molar-refractivity contribution >= 4 is 0 Å². The van der Waals surface area contributed by atoms with Gasteiger partial charge in [0.15, 0.2) is 0 Å². The van der Waals surface area contributed by atoms with E-state index in [1.807, 2.05) is 0 Å². The number of benzene rings is 2. The van der Waals surface area contributed by atoms with Crippen LogP contribution in [0.2, 0.25) is 0 Å². The highest BCUT2D eigenvalue weighted by Crippen LogP contribution is 2.22. The lowest BCUT2D eigenvalue weighted by Crippen LogP contribution is -2.15. The molecule has 2 rings (SSSR count). The van der Waals surface area contributed by atoms with Crippen molar-refractivity contribution in [3.05, 3.63) is 65.2 Å². The summed E-state index contributed by atoms with van der Waals surface area (Å²) in [5, 5.41) is 0. The summed E-state index contributed by atoms with van der Waals surface area (Å²) in [6, 6.07) is 17.2. The van der Waals surface area contributed by atoms with Crippen LogP contribution in [0.1, 0.15) is 48.8 Å². The van der Waals surface area contributed by atoms with Gasteiger partial charge in [0.1, 0.15) is 5.75 Å². The van der Waals surface area contributed by atoms with Crippen LogP contribution in [0.15, 0.2) is 48.5 Å². The molecule has 0 amide bonds. The molecular weight excluding hydrogens is 282 g/mol. The van der Waals surface area contributed by atoms with Gasteiger partial charge >= 0.3 is 0 Å². The fourth-order valence-electron chi connectivity index (χ4n) is 2.72. The Morgan fingerprint density at radius 1 is 0.957 bits per heavy atom. The van der Waals surface area contributed by atoms with Gasteiger partial charge in [-0.2, -0.15) is 0 Å². The van der Waals surface area contributed by atoms with Gasteiger partial charge in [-0.05, 0) is 49.6 Å². The molecule has 2 aromatic carbocycles. The molecule has 0 saturated heterocycles. The molecule has 1 atom stereocenters. The van der Waals surface area contributed by atoms with Crippen LogP contribution < -0.4 is 10.5 Å². The maximum absolute atomic E-state index is 5.99. The Kier molecular flexibility index (Phi) is 7.15. The van der Waals surface area contributed by atoms with Gasteiger partial charge in [-0.1, -0.05) is 61.7 Å². The van der Waals surface area contributed by atoms with Gasteiger partial charge in [0.05, 0.1) is 6.61 Å². The van der Waals surface area contributed by atoms with Gasteiger partial charge in [0, 0.05) is 5.92 Å².